The Morgan fingerprint density at radius 3 is 2.35 bits per heavy atom. The minimum absolute atomic E-state index is 0.267. The predicted octanol–water partition coefficient (Wildman–Crippen LogP) is -2.88. The standard InChI is InChI=1S/C11H22N4O5/c12-5-9(17)15-8(6-16)10(18)14-4-2-1-3-7(13)11(19)20/h7-8,16H,1-6,12-13H2,(H,14,18)(H,15,17)(H,19,20)/t7-,8-/m0/s1. The molecular weight excluding hydrogens is 268 g/mol. The number of nitrogens with two attached hydrogens (primary N) is 2. The van der Waals surface area contributed by atoms with Crippen LogP contribution in [-0.2, 0) is 14.4 Å². The zero-order valence-electron chi connectivity index (χ0n) is 11.2. The lowest BCUT2D eigenvalue weighted by Gasteiger charge is -2.15. The van der Waals surface area contributed by atoms with Crippen molar-refractivity contribution in [2.75, 3.05) is 19.7 Å². The van der Waals surface area contributed by atoms with E-state index >= 15 is 0 Å². The molecule has 0 aliphatic heterocycles. The molecule has 0 aromatic heterocycles. The molecule has 0 heterocycles. The monoisotopic (exact) mass is 290 g/mol. The lowest BCUT2D eigenvalue weighted by Crippen LogP contribution is -2.50. The second-order valence-electron chi connectivity index (χ2n) is 4.24. The van der Waals surface area contributed by atoms with Gasteiger partial charge in [0.1, 0.15) is 12.1 Å². The Kier molecular flexibility index (Phi) is 9.26. The van der Waals surface area contributed by atoms with E-state index in [4.69, 9.17) is 21.7 Å². The lowest BCUT2D eigenvalue weighted by atomic mass is 10.1. The van der Waals surface area contributed by atoms with Gasteiger partial charge in [-0.05, 0) is 19.3 Å². The van der Waals surface area contributed by atoms with E-state index < -0.39 is 36.5 Å². The van der Waals surface area contributed by atoms with Gasteiger partial charge in [0.05, 0.1) is 13.2 Å². The summed E-state index contributed by atoms with van der Waals surface area (Å²) in [7, 11) is 0. The van der Waals surface area contributed by atoms with Crippen LogP contribution < -0.4 is 22.1 Å². The Balaban J connectivity index is 3.85. The number of rotatable bonds is 10. The molecule has 0 radical (unpaired) electrons. The van der Waals surface area contributed by atoms with Crippen LogP contribution in [0, 0.1) is 0 Å². The number of unbranched alkanes of at least 4 members (excludes halogenated alkanes) is 1. The van der Waals surface area contributed by atoms with E-state index in [2.05, 4.69) is 10.6 Å². The van der Waals surface area contributed by atoms with Crippen molar-refractivity contribution in [3.05, 3.63) is 0 Å². The molecule has 0 saturated heterocycles. The average molecular weight is 290 g/mol. The molecule has 2 atom stereocenters. The van der Waals surface area contributed by atoms with Crippen molar-refractivity contribution >= 4 is 17.8 Å². The fourth-order valence-corrected chi connectivity index (χ4v) is 1.39. The second-order valence-corrected chi connectivity index (χ2v) is 4.24. The van der Waals surface area contributed by atoms with Crippen molar-refractivity contribution < 1.29 is 24.6 Å². The third-order valence-corrected chi connectivity index (χ3v) is 2.58. The highest BCUT2D eigenvalue weighted by molar-refractivity contribution is 5.88. The first kappa shape index (κ1) is 18.3. The van der Waals surface area contributed by atoms with Crippen LogP contribution >= 0.6 is 0 Å². The van der Waals surface area contributed by atoms with Crippen LogP contribution in [0.25, 0.3) is 0 Å². The van der Waals surface area contributed by atoms with Gasteiger partial charge >= 0.3 is 5.97 Å². The van der Waals surface area contributed by atoms with Crippen LogP contribution in [-0.4, -0.2) is 59.8 Å². The fraction of sp³-hybridized carbons (Fsp3) is 0.727. The third kappa shape index (κ3) is 7.67. The summed E-state index contributed by atoms with van der Waals surface area (Å²) in [5.74, 6) is -2.11. The van der Waals surface area contributed by atoms with E-state index in [1.165, 1.54) is 0 Å². The van der Waals surface area contributed by atoms with Crippen LogP contribution in [0.4, 0.5) is 0 Å². The zero-order chi connectivity index (χ0) is 15.5. The maximum absolute atomic E-state index is 11.6. The molecule has 9 heteroatoms. The summed E-state index contributed by atoms with van der Waals surface area (Å²) in [5, 5.41) is 22.3. The third-order valence-electron chi connectivity index (χ3n) is 2.58. The zero-order valence-corrected chi connectivity index (χ0v) is 11.2. The molecule has 0 aromatic carbocycles. The minimum Gasteiger partial charge on any atom is -0.480 e. The number of carboxylic acids is 1. The summed E-state index contributed by atoms with van der Waals surface area (Å²) in [4.78, 5) is 33.0. The first-order valence-electron chi connectivity index (χ1n) is 6.28. The number of aliphatic hydroxyl groups is 1. The van der Waals surface area contributed by atoms with Crippen molar-refractivity contribution in [3.63, 3.8) is 0 Å². The number of carboxylic acid groups (broad SMARTS) is 1. The van der Waals surface area contributed by atoms with Gasteiger partial charge in [-0.2, -0.15) is 0 Å². The molecule has 0 aromatic rings. The van der Waals surface area contributed by atoms with Crippen LogP contribution in [0.2, 0.25) is 0 Å². The molecule has 2 amide bonds. The summed E-state index contributed by atoms with van der Waals surface area (Å²) < 4.78 is 0. The van der Waals surface area contributed by atoms with Crippen LogP contribution in [0.5, 0.6) is 0 Å². The Bertz CT molecular complexity index is 337. The molecule has 8 N–H and O–H groups in total. The molecule has 20 heavy (non-hydrogen) atoms. The van der Waals surface area contributed by atoms with Crippen LogP contribution in [0.15, 0.2) is 0 Å². The molecule has 0 fully saturated rings. The van der Waals surface area contributed by atoms with Gasteiger partial charge in [0.2, 0.25) is 11.8 Å². The largest absolute Gasteiger partial charge is 0.480 e. The Hall–Kier alpha value is -1.71. The van der Waals surface area contributed by atoms with Crippen molar-refractivity contribution in [1.82, 2.24) is 10.6 Å². The molecule has 0 rings (SSSR count). The second kappa shape index (κ2) is 10.1. The smallest absolute Gasteiger partial charge is 0.320 e. The number of hydrogen-bond donors (Lipinski definition) is 6. The Labute approximate surface area is 116 Å². The molecule has 0 aliphatic carbocycles. The SMILES string of the molecule is NCC(=O)N[C@@H](CO)C(=O)NCCCC[C@H](N)C(=O)O. The summed E-state index contributed by atoms with van der Waals surface area (Å²) in [6, 6.07) is -1.94. The van der Waals surface area contributed by atoms with Crippen LogP contribution in [0.3, 0.4) is 0 Å². The molecule has 0 aliphatic rings. The normalized spacial score (nSPS) is 13.3. The molecule has 0 unspecified atom stereocenters. The van der Waals surface area contributed by atoms with Gasteiger partial charge in [0, 0.05) is 6.54 Å². The van der Waals surface area contributed by atoms with Crippen molar-refractivity contribution in [3.8, 4) is 0 Å². The van der Waals surface area contributed by atoms with E-state index in [9.17, 15) is 14.4 Å². The molecule has 0 spiro atoms. The molecular formula is C11H22N4O5. The van der Waals surface area contributed by atoms with Gasteiger partial charge in [-0.15, -0.1) is 0 Å². The average Bonchev–Trinajstić information content (AvgIpc) is 2.43. The van der Waals surface area contributed by atoms with Crippen molar-refractivity contribution in [2.45, 2.75) is 31.3 Å². The van der Waals surface area contributed by atoms with Gasteiger partial charge in [-0.3, -0.25) is 14.4 Å². The van der Waals surface area contributed by atoms with Crippen LogP contribution in [0.1, 0.15) is 19.3 Å². The summed E-state index contributed by atoms with van der Waals surface area (Å²) in [6.45, 7) is -0.488. The highest BCUT2D eigenvalue weighted by Gasteiger charge is 2.18. The molecule has 9 nitrogen and oxygen atoms in total. The number of aliphatic carboxylic acids is 1. The predicted molar refractivity (Wildman–Crippen MR) is 70.5 cm³/mol. The Morgan fingerprint density at radius 2 is 1.85 bits per heavy atom. The van der Waals surface area contributed by atoms with Crippen molar-refractivity contribution in [1.29, 1.82) is 0 Å². The fourth-order valence-electron chi connectivity index (χ4n) is 1.39. The van der Waals surface area contributed by atoms with E-state index in [1.807, 2.05) is 0 Å². The van der Waals surface area contributed by atoms with E-state index in [0.717, 1.165) is 0 Å². The van der Waals surface area contributed by atoms with Gasteiger partial charge < -0.3 is 32.3 Å². The summed E-state index contributed by atoms with van der Waals surface area (Å²) in [6.07, 6.45) is 1.42. The quantitative estimate of drug-likeness (QED) is 0.235. The highest BCUT2D eigenvalue weighted by Crippen LogP contribution is 1.98. The summed E-state index contributed by atoms with van der Waals surface area (Å²) >= 11 is 0. The summed E-state index contributed by atoms with van der Waals surface area (Å²) in [5.41, 5.74) is 10.4. The number of nitrogens with one attached hydrogen (secondary N) is 2. The lowest BCUT2D eigenvalue weighted by molar-refractivity contribution is -0.138. The number of amides is 2. The number of hydrogen-bond acceptors (Lipinski definition) is 6. The number of aliphatic hydroxyl groups excluding tert-OH is 1. The Morgan fingerprint density at radius 1 is 1.20 bits per heavy atom. The minimum atomic E-state index is -1.06. The number of carbonyl (C=O) groups is 3. The molecule has 0 bridgehead atoms. The number of carbonyl (C=O) groups excluding carboxylic acids is 2. The van der Waals surface area contributed by atoms with Gasteiger partial charge in [-0.1, -0.05) is 0 Å². The van der Waals surface area contributed by atoms with E-state index in [-0.39, 0.29) is 6.54 Å². The molecule has 0 saturated carbocycles. The van der Waals surface area contributed by atoms with Crippen molar-refractivity contribution in [2.24, 2.45) is 11.5 Å². The molecule has 116 valence electrons. The van der Waals surface area contributed by atoms with E-state index in [1.54, 1.807) is 0 Å². The first-order valence-corrected chi connectivity index (χ1v) is 6.28. The van der Waals surface area contributed by atoms with Gasteiger partial charge in [0.15, 0.2) is 0 Å². The maximum Gasteiger partial charge on any atom is 0.320 e. The van der Waals surface area contributed by atoms with E-state index in [0.29, 0.717) is 25.8 Å². The van der Waals surface area contributed by atoms with Gasteiger partial charge in [0.25, 0.3) is 0 Å². The highest BCUT2D eigenvalue weighted by atomic mass is 16.4. The topological polar surface area (TPSA) is 168 Å². The van der Waals surface area contributed by atoms with Gasteiger partial charge in [-0.25, -0.2) is 0 Å². The first-order chi connectivity index (χ1) is 9.42. The maximum atomic E-state index is 11.6.